The molecule has 0 aliphatic heterocycles. The molecule has 88 valence electrons. The number of pyridine rings is 1. The number of benzene rings is 1. The lowest BCUT2D eigenvalue weighted by atomic mass is 9.88. The molecule has 2 N–H and O–H groups in total. The predicted molar refractivity (Wildman–Crippen MR) is 70.8 cm³/mol. The average molecular weight is 226 g/mol. The minimum atomic E-state index is -0.0993. The molecule has 1 aromatic heterocycles. The van der Waals surface area contributed by atoms with Crippen molar-refractivity contribution in [2.45, 2.75) is 38.1 Å². The third kappa shape index (κ3) is 1.73. The summed E-state index contributed by atoms with van der Waals surface area (Å²) in [5.41, 5.74) is 8.89. The first-order valence-corrected chi connectivity index (χ1v) is 6.33. The van der Waals surface area contributed by atoms with Crippen LogP contribution >= 0.6 is 0 Å². The molecule has 2 nitrogen and oxygen atoms in total. The van der Waals surface area contributed by atoms with Crippen molar-refractivity contribution in [3.63, 3.8) is 0 Å². The van der Waals surface area contributed by atoms with Crippen LogP contribution in [0.4, 0.5) is 0 Å². The molecule has 3 rings (SSSR count). The van der Waals surface area contributed by atoms with E-state index in [0.29, 0.717) is 0 Å². The van der Waals surface area contributed by atoms with E-state index in [1.165, 1.54) is 34.7 Å². The van der Waals surface area contributed by atoms with E-state index in [4.69, 9.17) is 5.73 Å². The number of hydrogen-bond donors (Lipinski definition) is 1. The number of nitrogens with zero attached hydrogens (tertiary/aromatic N) is 1. The standard InChI is InChI=1S/C15H18N2/c1-11-9-17-10-12-8-13(4-5-14(11)12)15(16)6-2-3-7-15/h4-5,8-10H,2-3,6-7,16H2,1H3. The van der Waals surface area contributed by atoms with Crippen LogP contribution in [0.1, 0.15) is 36.8 Å². The molecule has 1 aromatic carbocycles. The Morgan fingerprint density at radius 1 is 1.18 bits per heavy atom. The Hall–Kier alpha value is -1.41. The van der Waals surface area contributed by atoms with Gasteiger partial charge in [-0.25, -0.2) is 0 Å². The lowest BCUT2D eigenvalue weighted by Gasteiger charge is -2.24. The van der Waals surface area contributed by atoms with Gasteiger partial charge < -0.3 is 5.73 Å². The van der Waals surface area contributed by atoms with E-state index in [0.717, 1.165) is 12.8 Å². The van der Waals surface area contributed by atoms with Crippen molar-refractivity contribution < 1.29 is 0 Å². The molecule has 0 spiro atoms. The van der Waals surface area contributed by atoms with Crippen molar-refractivity contribution in [3.05, 3.63) is 41.7 Å². The first-order chi connectivity index (χ1) is 8.19. The highest BCUT2D eigenvalue weighted by atomic mass is 14.8. The van der Waals surface area contributed by atoms with Crippen LogP contribution in [0.15, 0.2) is 30.6 Å². The highest BCUT2D eigenvalue weighted by Gasteiger charge is 2.31. The molecule has 0 atom stereocenters. The molecule has 0 unspecified atom stereocenters. The van der Waals surface area contributed by atoms with E-state index in [2.05, 4.69) is 30.1 Å². The summed E-state index contributed by atoms with van der Waals surface area (Å²) < 4.78 is 0. The molecule has 1 aliphatic rings. The lowest BCUT2D eigenvalue weighted by Crippen LogP contribution is -2.32. The molecule has 1 aliphatic carbocycles. The third-order valence-corrected chi connectivity index (χ3v) is 4.03. The second kappa shape index (κ2) is 3.81. The number of fused-ring (bicyclic) bond motifs is 1. The largest absolute Gasteiger partial charge is 0.321 e. The maximum atomic E-state index is 6.49. The van der Waals surface area contributed by atoms with E-state index in [9.17, 15) is 0 Å². The van der Waals surface area contributed by atoms with Crippen molar-refractivity contribution in [2.75, 3.05) is 0 Å². The molecule has 17 heavy (non-hydrogen) atoms. The predicted octanol–water partition coefficient (Wildman–Crippen LogP) is 3.27. The van der Waals surface area contributed by atoms with E-state index < -0.39 is 0 Å². The van der Waals surface area contributed by atoms with Crippen molar-refractivity contribution in [3.8, 4) is 0 Å². The molecule has 1 heterocycles. The summed E-state index contributed by atoms with van der Waals surface area (Å²) in [4.78, 5) is 4.26. The van der Waals surface area contributed by atoms with Gasteiger partial charge in [-0.1, -0.05) is 25.0 Å². The second-order valence-electron chi connectivity index (χ2n) is 5.26. The molecule has 2 heteroatoms. The van der Waals surface area contributed by atoms with Gasteiger partial charge in [-0.15, -0.1) is 0 Å². The molecule has 1 saturated carbocycles. The quantitative estimate of drug-likeness (QED) is 0.810. The van der Waals surface area contributed by atoms with Crippen LogP contribution in [0.2, 0.25) is 0 Å². The molecule has 0 bridgehead atoms. The van der Waals surface area contributed by atoms with Gasteiger partial charge in [-0.3, -0.25) is 4.98 Å². The van der Waals surface area contributed by atoms with Gasteiger partial charge in [0.15, 0.2) is 0 Å². The van der Waals surface area contributed by atoms with Crippen LogP contribution < -0.4 is 5.73 Å². The number of rotatable bonds is 1. The Morgan fingerprint density at radius 2 is 1.94 bits per heavy atom. The number of nitrogens with two attached hydrogens (primary N) is 1. The van der Waals surface area contributed by atoms with Gasteiger partial charge in [0.05, 0.1) is 0 Å². The fraction of sp³-hybridized carbons (Fsp3) is 0.400. The SMILES string of the molecule is Cc1cncc2cc(C3(N)CCCC3)ccc12. The maximum absolute atomic E-state index is 6.49. The molecule has 1 fully saturated rings. The van der Waals surface area contributed by atoms with Crippen LogP contribution in [-0.2, 0) is 5.54 Å². The maximum Gasteiger partial charge on any atom is 0.0409 e. The number of aromatic nitrogens is 1. The summed E-state index contributed by atoms with van der Waals surface area (Å²) in [5, 5.41) is 2.49. The van der Waals surface area contributed by atoms with E-state index in [1.54, 1.807) is 0 Å². The van der Waals surface area contributed by atoms with Gasteiger partial charge in [0.25, 0.3) is 0 Å². The van der Waals surface area contributed by atoms with Gasteiger partial charge >= 0.3 is 0 Å². The molecule has 0 saturated heterocycles. The first kappa shape index (κ1) is 10.7. The van der Waals surface area contributed by atoms with Crippen LogP contribution in [0.5, 0.6) is 0 Å². The molecule has 0 amide bonds. The summed E-state index contributed by atoms with van der Waals surface area (Å²) in [6.45, 7) is 2.10. The van der Waals surface area contributed by atoms with E-state index in [-0.39, 0.29) is 5.54 Å². The van der Waals surface area contributed by atoms with Crippen LogP contribution in [-0.4, -0.2) is 4.98 Å². The van der Waals surface area contributed by atoms with Crippen LogP contribution in [0.3, 0.4) is 0 Å². The molecular formula is C15H18N2. The highest BCUT2D eigenvalue weighted by Crippen LogP contribution is 2.37. The van der Waals surface area contributed by atoms with E-state index in [1.807, 2.05) is 12.4 Å². The van der Waals surface area contributed by atoms with Crippen molar-refractivity contribution in [2.24, 2.45) is 5.73 Å². The van der Waals surface area contributed by atoms with Crippen molar-refractivity contribution in [1.82, 2.24) is 4.98 Å². The Morgan fingerprint density at radius 3 is 2.71 bits per heavy atom. The number of hydrogen-bond acceptors (Lipinski definition) is 2. The number of aryl methyl sites for hydroxylation is 1. The Kier molecular flexibility index (Phi) is 2.40. The Bertz CT molecular complexity index is 554. The van der Waals surface area contributed by atoms with Gasteiger partial charge in [0, 0.05) is 23.3 Å². The zero-order valence-electron chi connectivity index (χ0n) is 10.2. The fourth-order valence-corrected chi connectivity index (χ4v) is 2.93. The lowest BCUT2D eigenvalue weighted by molar-refractivity contribution is 0.462. The van der Waals surface area contributed by atoms with Crippen molar-refractivity contribution in [1.29, 1.82) is 0 Å². The van der Waals surface area contributed by atoms with Crippen LogP contribution in [0, 0.1) is 6.92 Å². The first-order valence-electron chi connectivity index (χ1n) is 6.33. The van der Waals surface area contributed by atoms with Gasteiger partial charge in [0.2, 0.25) is 0 Å². The summed E-state index contributed by atoms with van der Waals surface area (Å²) in [6, 6.07) is 6.61. The highest BCUT2D eigenvalue weighted by molar-refractivity contribution is 5.85. The fourth-order valence-electron chi connectivity index (χ4n) is 2.93. The molecule has 2 aromatic rings. The second-order valence-corrected chi connectivity index (χ2v) is 5.26. The smallest absolute Gasteiger partial charge is 0.0409 e. The summed E-state index contributed by atoms with van der Waals surface area (Å²) in [5.74, 6) is 0. The summed E-state index contributed by atoms with van der Waals surface area (Å²) >= 11 is 0. The molecular weight excluding hydrogens is 208 g/mol. The molecule has 0 radical (unpaired) electrons. The van der Waals surface area contributed by atoms with Crippen molar-refractivity contribution >= 4 is 10.8 Å². The topological polar surface area (TPSA) is 38.9 Å². The van der Waals surface area contributed by atoms with Gasteiger partial charge in [0.1, 0.15) is 0 Å². The third-order valence-electron chi connectivity index (χ3n) is 4.03. The minimum absolute atomic E-state index is 0.0993. The monoisotopic (exact) mass is 226 g/mol. The average Bonchev–Trinajstić information content (AvgIpc) is 2.77. The Labute approximate surface area is 102 Å². The van der Waals surface area contributed by atoms with Gasteiger partial charge in [-0.05, 0) is 42.3 Å². The van der Waals surface area contributed by atoms with Crippen LogP contribution in [0.25, 0.3) is 10.8 Å². The summed E-state index contributed by atoms with van der Waals surface area (Å²) in [7, 11) is 0. The summed E-state index contributed by atoms with van der Waals surface area (Å²) in [6.07, 6.45) is 8.57. The van der Waals surface area contributed by atoms with Gasteiger partial charge in [-0.2, -0.15) is 0 Å². The normalized spacial score (nSPS) is 18.7. The van der Waals surface area contributed by atoms with E-state index >= 15 is 0 Å². The Balaban J connectivity index is 2.14. The minimum Gasteiger partial charge on any atom is -0.321 e. The zero-order chi connectivity index (χ0) is 11.9. The zero-order valence-corrected chi connectivity index (χ0v) is 10.2.